The van der Waals surface area contributed by atoms with Crippen molar-refractivity contribution in [3.05, 3.63) is 84.7 Å². The van der Waals surface area contributed by atoms with Crippen molar-refractivity contribution in [2.24, 2.45) is 0 Å². The molecule has 2 aromatic carbocycles. The second kappa shape index (κ2) is 6.28. The first kappa shape index (κ1) is 15.2. The van der Waals surface area contributed by atoms with Gasteiger partial charge >= 0.3 is 0 Å². The Kier molecular flexibility index (Phi) is 3.82. The third kappa shape index (κ3) is 2.92. The number of pyridine rings is 1. The standard InChI is InChI=1S/C20H13F2N3/c21-15-7-5-13(6-8-15)18-19(14-9-11-23-12-10-14)25-20(24-18)16-3-1-2-4-17(16)22/h1-12H,(H,24,25). The first-order chi connectivity index (χ1) is 12.2. The number of nitrogens with one attached hydrogen (secondary N) is 1. The van der Waals surface area contributed by atoms with Gasteiger partial charge in [0.25, 0.3) is 0 Å². The summed E-state index contributed by atoms with van der Waals surface area (Å²) in [5.74, 6) is -0.258. The molecule has 0 saturated carbocycles. The number of halogens is 2. The molecule has 0 aliphatic rings. The average molecular weight is 333 g/mol. The van der Waals surface area contributed by atoms with Gasteiger partial charge in [0, 0.05) is 23.5 Å². The molecule has 0 bridgehead atoms. The lowest BCUT2D eigenvalue weighted by atomic mass is 10.1. The highest BCUT2D eigenvalue weighted by molar-refractivity contribution is 5.81. The maximum absolute atomic E-state index is 14.2. The second-order valence-electron chi connectivity index (χ2n) is 5.53. The SMILES string of the molecule is Fc1ccc(-c2nc(-c3ccccc3F)[nH]c2-c2ccncc2)cc1. The first-order valence-corrected chi connectivity index (χ1v) is 7.73. The zero-order valence-corrected chi connectivity index (χ0v) is 13.1. The Morgan fingerprint density at radius 2 is 1.48 bits per heavy atom. The molecule has 25 heavy (non-hydrogen) atoms. The van der Waals surface area contributed by atoms with Crippen molar-refractivity contribution in [2.45, 2.75) is 0 Å². The molecule has 0 aliphatic heterocycles. The van der Waals surface area contributed by atoms with E-state index in [4.69, 9.17) is 0 Å². The van der Waals surface area contributed by atoms with Crippen molar-refractivity contribution in [2.75, 3.05) is 0 Å². The highest BCUT2D eigenvalue weighted by Gasteiger charge is 2.17. The minimum absolute atomic E-state index is 0.320. The van der Waals surface area contributed by atoms with E-state index in [2.05, 4.69) is 15.0 Å². The summed E-state index contributed by atoms with van der Waals surface area (Å²) in [6.07, 6.45) is 3.35. The zero-order chi connectivity index (χ0) is 17.2. The summed E-state index contributed by atoms with van der Waals surface area (Å²) < 4.78 is 27.4. The lowest BCUT2D eigenvalue weighted by Gasteiger charge is -2.02. The molecule has 4 rings (SSSR count). The van der Waals surface area contributed by atoms with E-state index >= 15 is 0 Å². The van der Waals surface area contributed by atoms with Gasteiger partial charge in [-0.25, -0.2) is 13.8 Å². The van der Waals surface area contributed by atoms with Gasteiger partial charge in [-0.15, -0.1) is 0 Å². The zero-order valence-electron chi connectivity index (χ0n) is 13.1. The summed E-state index contributed by atoms with van der Waals surface area (Å²) in [6.45, 7) is 0. The number of aromatic amines is 1. The summed E-state index contributed by atoms with van der Waals surface area (Å²) in [6, 6.07) is 16.2. The third-order valence-electron chi connectivity index (χ3n) is 3.92. The number of aromatic nitrogens is 3. The summed E-state index contributed by atoms with van der Waals surface area (Å²) in [7, 11) is 0. The monoisotopic (exact) mass is 333 g/mol. The van der Waals surface area contributed by atoms with Gasteiger partial charge in [0.15, 0.2) is 0 Å². The fourth-order valence-corrected chi connectivity index (χ4v) is 2.70. The predicted octanol–water partition coefficient (Wildman–Crippen LogP) is 5.08. The minimum Gasteiger partial charge on any atom is -0.337 e. The minimum atomic E-state index is -0.358. The number of hydrogen-bond acceptors (Lipinski definition) is 2. The smallest absolute Gasteiger partial charge is 0.141 e. The normalized spacial score (nSPS) is 10.8. The largest absolute Gasteiger partial charge is 0.337 e. The quantitative estimate of drug-likeness (QED) is 0.568. The fraction of sp³-hybridized carbons (Fsp3) is 0. The van der Waals surface area contributed by atoms with Crippen molar-refractivity contribution >= 4 is 0 Å². The molecule has 0 aliphatic carbocycles. The van der Waals surface area contributed by atoms with Crippen LogP contribution in [-0.4, -0.2) is 15.0 Å². The Labute approximate surface area is 143 Å². The Morgan fingerprint density at radius 1 is 0.760 bits per heavy atom. The molecule has 0 spiro atoms. The van der Waals surface area contributed by atoms with Crippen LogP contribution in [0.4, 0.5) is 8.78 Å². The van der Waals surface area contributed by atoms with Crippen LogP contribution in [0.5, 0.6) is 0 Å². The van der Waals surface area contributed by atoms with Crippen molar-refractivity contribution in [3.63, 3.8) is 0 Å². The molecular formula is C20H13F2N3. The van der Waals surface area contributed by atoms with Gasteiger partial charge in [0.2, 0.25) is 0 Å². The number of nitrogens with zero attached hydrogens (tertiary/aromatic N) is 2. The molecule has 3 nitrogen and oxygen atoms in total. The van der Waals surface area contributed by atoms with Gasteiger partial charge < -0.3 is 4.98 Å². The number of rotatable bonds is 3. The van der Waals surface area contributed by atoms with Crippen molar-refractivity contribution in [1.82, 2.24) is 15.0 Å². The summed E-state index contributed by atoms with van der Waals surface area (Å²) >= 11 is 0. The van der Waals surface area contributed by atoms with Crippen LogP contribution in [0.15, 0.2) is 73.1 Å². The van der Waals surface area contributed by atoms with Gasteiger partial charge in [0.1, 0.15) is 17.5 Å². The Morgan fingerprint density at radius 3 is 2.20 bits per heavy atom. The highest BCUT2D eigenvalue weighted by atomic mass is 19.1. The van der Waals surface area contributed by atoms with E-state index in [9.17, 15) is 8.78 Å². The summed E-state index contributed by atoms with van der Waals surface area (Å²) in [5.41, 5.74) is 3.35. The van der Waals surface area contributed by atoms with Gasteiger partial charge in [-0.1, -0.05) is 12.1 Å². The molecule has 0 radical (unpaired) electrons. The number of imidazole rings is 1. The maximum atomic E-state index is 14.2. The molecule has 5 heteroatoms. The molecule has 0 fully saturated rings. The summed E-state index contributed by atoms with van der Waals surface area (Å²) in [5, 5.41) is 0. The van der Waals surface area contributed by atoms with Gasteiger partial charge in [-0.05, 0) is 48.5 Å². The van der Waals surface area contributed by atoms with Crippen molar-refractivity contribution < 1.29 is 8.78 Å². The molecule has 1 N–H and O–H groups in total. The molecule has 0 atom stereocenters. The average Bonchev–Trinajstić information content (AvgIpc) is 3.08. The van der Waals surface area contributed by atoms with Crippen LogP contribution in [0.2, 0.25) is 0 Å². The Bertz CT molecular complexity index is 1010. The first-order valence-electron chi connectivity index (χ1n) is 7.73. The van der Waals surface area contributed by atoms with Crippen LogP contribution in [0.3, 0.4) is 0 Å². The lowest BCUT2D eigenvalue weighted by Crippen LogP contribution is -1.85. The Hall–Kier alpha value is -3.34. The van der Waals surface area contributed by atoms with Crippen LogP contribution < -0.4 is 0 Å². The topological polar surface area (TPSA) is 41.6 Å². The lowest BCUT2D eigenvalue weighted by molar-refractivity contribution is 0.628. The number of benzene rings is 2. The highest BCUT2D eigenvalue weighted by Crippen LogP contribution is 2.33. The van der Waals surface area contributed by atoms with Crippen molar-refractivity contribution in [3.8, 4) is 33.9 Å². The Balaban J connectivity index is 1.92. The number of hydrogen-bond donors (Lipinski definition) is 1. The van der Waals surface area contributed by atoms with E-state index in [1.165, 1.54) is 18.2 Å². The maximum Gasteiger partial charge on any atom is 0.141 e. The van der Waals surface area contributed by atoms with E-state index in [0.29, 0.717) is 17.1 Å². The molecule has 0 saturated heterocycles. The second-order valence-corrected chi connectivity index (χ2v) is 5.53. The molecule has 2 heterocycles. The molecule has 0 unspecified atom stereocenters. The van der Waals surface area contributed by atoms with Crippen LogP contribution in [0.25, 0.3) is 33.9 Å². The summed E-state index contributed by atoms with van der Waals surface area (Å²) in [4.78, 5) is 11.8. The van der Waals surface area contributed by atoms with Crippen LogP contribution in [-0.2, 0) is 0 Å². The molecule has 2 aromatic heterocycles. The fourth-order valence-electron chi connectivity index (χ4n) is 2.70. The van der Waals surface area contributed by atoms with Crippen LogP contribution >= 0.6 is 0 Å². The third-order valence-corrected chi connectivity index (χ3v) is 3.92. The molecular weight excluding hydrogens is 320 g/mol. The van der Waals surface area contributed by atoms with E-state index in [1.54, 1.807) is 42.7 Å². The molecule has 122 valence electrons. The molecule has 0 amide bonds. The van der Waals surface area contributed by atoms with Crippen LogP contribution in [0.1, 0.15) is 0 Å². The van der Waals surface area contributed by atoms with E-state index in [1.807, 2.05) is 12.1 Å². The van der Waals surface area contributed by atoms with Gasteiger partial charge in [0.05, 0.1) is 17.0 Å². The van der Waals surface area contributed by atoms with Gasteiger partial charge in [-0.2, -0.15) is 0 Å². The predicted molar refractivity (Wildman–Crippen MR) is 92.6 cm³/mol. The van der Waals surface area contributed by atoms with E-state index in [-0.39, 0.29) is 11.6 Å². The van der Waals surface area contributed by atoms with Gasteiger partial charge in [-0.3, -0.25) is 4.98 Å². The number of H-pyrrole nitrogens is 1. The van der Waals surface area contributed by atoms with Crippen LogP contribution in [0, 0.1) is 11.6 Å². The van der Waals surface area contributed by atoms with E-state index < -0.39 is 0 Å². The van der Waals surface area contributed by atoms with Crippen molar-refractivity contribution in [1.29, 1.82) is 0 Å². The van der Waals surface area contributed by atoms with E-state index in [0.717, 1.165) is 16.8 Å². The molecule has 4 aromatic rings.